The average molecular weight is 236 g/mol. The molecule has 0 atom stereocenters. The minimum Gasteiger partial charge on any atom is -0.497 e. The zero-order valence-corrected chi connectivity index (χ0v) is 10.4. The molecule has 0 radical (unpaired) electrons. The molecule has 0 heterocycles. The first-order valence-corrected chi connectivity index (χ1v) is 6.42. The Hall–Kier alpha value is -1.06. The Morgan fingerprint density at radius 3 is 2.41 bits per heavy atom. The summed E-state index contributed by atoms with van der Waals surface area (Å²) in [6.07, 6.45) is 4.14. The minimum absolute atomic E-state index is 0.0550. The quantitative estimate of drug-likeness (QED) is 0.821. The molecule has 17 heavy (non-hydrogen) atoms. The van der Waals surface area contributed by atoms with Crippen LogP contribution in [0.25, 0.3) is 0 Å². The molecule has 0 bridgehead atoms. The number of quaternary nitrogens is 1. The van der Waals surface area contributed by atoms with Gasteiger partial charge in [-0.05, 0) is 37.1 Å². The SMILES string of the molecule is COc1ccc(C[NH2+]C2CCC(O)CC2)cc1. The van der Waals surface area contributed by atoms with Crippen molar-refractivity contribution in [3.05, 3.63) is 29.8 Å². The van der Waals surface area contributed by atoms with Crippen LogP contribution in [0.1, 0.15) is 31.2 Å². The van der Waals surface area contributed by atoms with Crippen molar-refractivity contribution in [2.24, 2.45) is 0 Å². The molecule has 0 saturated heterocycles. The van der Waals surface area contributed by atoms with E-state index in [0.29, 0.717) is 6.04 Å². The number of aliphatic hydroxyl groups excluding tert-OH is 1. The number of methoxy groups -OCH3 is 1. The lowest BCUT2D eigenvalue weighted by molar-refractivity contribution is -0.707. The van der Waals surface area contributed by atoms with E-state index in [9.17, 15) is 5.11 Å². The minimum atomic E-state index is -0.0550. The second-order valence-electron chi connectivity index (χ2n) is 4.86. The van der Waals surface area contributed by atoms with Crippen molar-refractivity contribution in [2.45, 2.75) is 44.4 Å². The van der Waals surface area contributed by atoms with Crippen molar-refractivity contribution in [1.29, 1.82) is 0 Å². The van der Waals surface area contributed by atoms with Crippen molar-refractivity contribution < 1.29 is 15.2 Å². The number of nitrogens with two attached hydrogens (primary N) is 1. The van der Waals surface area contributed by atoms with Gasteiger partial charge >= 0.3 is 0 Å². The molecular formula is C14H22NO2+. The molecule has 2 rings (SSSR count). The molecule has 0 aliphatic heterocycles. The third-order valence-corrected chi connectivity index (χ3v) is 3.59. The molecule has 3 nitrogen and oxygen atoms in total. The van der Waals surface area contributed by atoms with Gasteiger partial charge in [0, 0.05) is 18.4 Å². The van der Waals surface area contributed by atoms with Crippen molar-refractivity contribution >= 4 is 0 Å². The van der Waals surface area contributed by atoms with Gasteiger partial charge in [0.15, 0.2) is 0 Å². The van der Waals surface area contributed by atoms with E-state index >= 15 is 0 Å². The average Bonchev–Trinajstić information content (AvgIpc) is 2.39. The molecule has 1 aliphatic rings. The van der Waals surface area contributed by atoms with Crippen LogP contribution >= 0.6 is 0 Å². The lowest BCUT2D eigenvalue weighted by Gasteiger charge is -2.23. The first-order chi connectivity index (χ1) is 8.28. The molecule has 0 amide bonds. The Balaban J connectivity index is 1.77. The fourth-order valence-corrected chi connectivity index (χ4v) is 2.40. The van der Waals surface area contributed by atoms with E-state index in [1.165, 1.54) is 5.56 Å². The number of aliphatic hydroxyl groups is 1. The van der Waals surface area contributed by atoms with Crippen LogP contribution in [0.15, 0.2) is 24.3 Å². The summed E-state index contributed by atoms with van der Waals surface area (Å²) in [5.41, 5.74) is 1.33. The first-order valence-electron chi connectivity index (χ1n) is 6.42. The van der Waals surface area contributed by atoms with Crippen LogP contribution in [0.4, 0.5) is 0 Å². The van der Waals surface area contributed by atoms with Crippen molar-refractivity contribution in [3.63, 3.8) is 0 Å². The highest BCUT2D eigenvalue weighted by atomic mass is 16.5. The molecule has 1 saturated carbocycles. The maximum atomic E-state index is 9.44. The van der Waals surface area contributed by atoms with Gasteiger partial charge in [0.1, 0.15) is 12.3 Å². The van der Waals surface area contributed by atoms with Crippen LogP contribution < -0.4 is 10.1 Å². The summed E-state index contributed by atoms with van der Waals surface area (Å²) >= 11 is 0. The van der Waals surface area contributed by atoms with Gasteiger partial charge in [-0.3, -0.25) is 0 Å². The molecule has 0 spiro atoms. The summed E-state index contributed by atoms with van der Waals surface area (Å²) in [6.45, 7) is 1.02. The highest BCUT2D eigenvalue weighted by Crippen LogP contribution is 2.16. The number of hydrogen-bond donors (Lipinski definition) is 2. The van der Waals surface area contributed by atoms with Crippen LogP contribution in [0.2, 0.25) is 0 Å². The molecule has 1 aromatic carbocycles. The molecular weight excluding hydrogens is 214 g/mol. The summed E-state index contributed by atoms with van der Waals surface area (Å²) < 4.78 is 5.14. The van der Waals surface area contributed by atoms with Crippen molar-refractivity contribution in [3.8, 4) is 5.75 Å². The standard InChI is InChI=1S/C14H21NO2/c1-17-14-8-2-11(3-9-14)10-15-12-4-6-13(16)7-5-12/h2-3,8-9,12-13,15-16H,4-7,10H2,1H3/p+1. The molecule has 1 aliphatic carbocycles. The van der Waals surface area contributed by atoms with E-state index in [-0.39, 0.29) is 6.10 Å². The summed E-state index contributed by atoms with van der Waals surface area (Å²) in [6, 6.07) is 8.93. The van der Waals surface area contributed by atoms with Crippen molar-refractivity contribution in [1.82, 2.24) is 0 Å². The third-order valence-electron chi connectivity index (χ3n) is 3.59. The molecule has 3 heteroatoms. The summed E-state index contributed by atoms with van der Waals surface area (Å²) in [4.78, 5) is 0. The topological polar surface area (TPSA) is 46.1 Å². The van der Waals surface area contributed by atoms with Gasteiger partial charge < -0.3 is 15.2 Å². The maximum Gasteiger partial charge on any atom is 0.118 e. The molecule has 94 valence electrons. The van der Waals surface area contributed by atoms with E-state index in [0.717, 1.165) is 38.0 Å². The smallest absolute Gasteiger partial charge is 0.118 e. The Labute approximate surface area is 103 Å². The van der Waals surface area contributed by atoms with Gasteiger partial charge in [-0.2, -0.15) is 0 Å². The lowest BCUT2D eigenvalue weighted by Crippen LogP contribution is -2.88. The van der Waals surface area contributed by atoms with Crippen molar-refractivity contribution in [2.75, 3.05) is 7.11 Å². The first kappa shape index (κ1) is 12.4. The Kier molecular flexibility index (Phi) is 4.40. The predicted octanol–water partition coefficient (Wildman–Crippen LogP) is 1.06. The number of rotatable bonds is 4. The van der Waals surface area contributed by atoms with Crippen LogP contribution in [-0.4, -0.2) is 24.4 Å². The second kappa shape index (κ2) is 6.03. The molecule has 0 aromatic heterocycles. The molecule has 3 N–H and O–H groups in total. The zero-order chi connectivity index (χ0) is 12.1. The van der Waals surface area contributed by atoms with Crippen LogP contribution in [0, 0.1) is 0 Å². The largest absolute Gasteiger partial charge is 0.497 e. The highest BCUT2D eigenvalue weighted by molar-refractivity contribution is 5.26. The zero-order valence-electron chi connectivity index (χ0n) is 10.4. The highest BCUT2D eigenvalue weighted by Gasteiger charge is 2.21. The van der Waals surface area contributed by atoms with Crippen LogP contribution in [0.3, 0.4) is 0 Å². The van der Waals surface area contributed by atoms with Gasteiger partial charge in [-0.15, -0.1) is 0 Å². The monoisotopic (exact) mass is 236 g/mol. The second-order valence-corrected chi connectivity index (χ2v) is 4.86. The van der Waals surface area contributed by atoms with Gasteiger partial charge in [-0.25, -0.2) is 0 Å². The van der Waals surface area contributed by atoms with Gasteiger partial charge in [-0.1, -0.05) is 0 Å². The fraction of sp³-hybridized carbons (Fsp3) is 0.571. The maximum absolute atomic E-state index is 9.44. The Morgan fingerprint density at radius 1 is 1.18 bits per heavy atom. The third kappa shape index (κ3) is 3.72. The predicted molar refractivity (Wildman–Crippen MR) is 66.9 cm³/mol. The normalized spacial score (nSPS) is 24.6. The summed E-state index contributed by atoms with van der Waals surface area (Å²) in [5, 5.41) is 11.8. The summed E-state index contributed by atoms with van der Waals surface area (Å²) in [7, 11) is 1.69. The van der Waals surface area contributed by atoms with Gasteiger partial charge in [0.25, 0.3) is 0 Å². The fourth-order valence-electron chi connectivity index (χ4n) is 2.40. The van der Waals surface area contributed by atoms with Crippen LogP contribution in [0.5, 0.6) is 5.75 Å². The van der Waals surface area contributed by atoms with E-state index in [1.807, 2.05) is 12.1 Å². The molecule has 1 aromatic rings. The number of hydrogen-bond acceptors (Lipinski definition) is 2. The van der Waals surface area contributed by atoms with E-state index < -0.39 is 0 Å². The van der Waals surface area contributed by atoms with E-state index in [2.05, 4.69) is 17.4 Å². The van der Waals surface area contributed by atoms with Crippen LogP contribution in [-0.2, 0) is 6.54 Å². The summed E-state index contributed by atoms with van der Waals surface area (Å²) in [5.74, 6) is 0.912. The van der Waals surface area contributed by atoms with Gasteiger partial charge in [0.05, 0.1) is 19.3 Å². The number of benzene rings is 1. The lowest BCUT2D eigenvalue weighted by atomic mass is 9.93. The molecule has 1 fully saturated rings. The van der Waals surface area contributed by atoms with E-state index in [1.54, 1.807) is 7.11 Å². The Bertz CT molecular complexity index is 329. The Morgan fingerprint density at radius 2 is 1.82 bits per heavy atom. The van der Waals surface area contributed by atoms with Gasteiger partial charge in [0.2, 0.25) is 0 Å². The van der Waals surface area contributed by atoms with E-state index in [4.69, 9.17) is 4.74 Å². The molecule has 0 unspecified atom stereocenters. The number of ether oxygens (including phenoxy) is 1.